The van der Waals surface area contributed by atoms with Crippen molar-refractivity contribution in [2.24, 2.45) is 0 Å². The lowest BCUT2D eigenvalue weighted by Gasteiger charge is -2.14. The molecule has 11 heteroatoms. The molecule has 44 heavy (non-hydrogen) atoms. The van der Waals surface area contributed by atoms with Crippen molar-refractivity contribution in [1.82, 2.24) is 10.3 Å². The fourth-order valence-electron chi connectivity index (χ4n) is 4.13. The highest BCUT2D eigenvalue weighted by Crippen LogP contribution is 2.30. The van der Waals surface area contributed by atoms with Gasteiger partial charge in [0.15, 0.2) is 5.13 Å². The Morgan fingerprint density at radius 1 is 0.955 bits per heavy atom. The molecule has 1 unspecified atom stereocenters. The maximum atomic E-state index is 14.6. The molecule has 7 nitrogen and oxygen atoms in total. The predicted octanol–water partition coefficient (Wildman–Crippen LogP) is 7.93. The second-order valence-corrected chi connectivity index (χ2v) is 12.6. The van der Waals surface area contributed by atoms with Gasteiger partial charge in [-0.2, -0.15) is 0 Å². The molecule has 0 aliphatic carbocycles. The third kappa shape index (κ3) is 7.71. The largest absolute Gasteiger partial charge is 0.321 e. The second kappa shape index (κ2) is 13.9. The number of fused-ring (bicyclic) bond motifs is 1. The van der Waals surface area contributed by atoms with E-state index in [2.05, 4.69) is 20.9 Å². The molecule has 4 aromatic carbocycles. The Hall–Kier alpha value is -4.51. The normalized spacial score (nSPS) is 12.0. The number of hydrogen-bond acceptors (Lipinski definition) is 6. The van der Waals surface area contributed by atoms with Gasteiger partial charge in [0.25, 0.3) is 11.8 Å². The SMILES string of the molecule is Cc1ccc2nc(NC(=O)C(C)Sc3cccc(NC(=O)/C(=C\c4c(F)cccc4Cl)NC(=O)c4ccccc4)c3)sc2c1. The number of carbonyl (C=O) groups is 3. The molecule has 3 amide bonds. The van der Waals surface area contributed by atoms with Crippen molar-refractivity contribution in [3.05, 3.63) is 124 Å². The van der Waals surface area contributed by atoms with Crippen molar-refractivity contribution in [3.8, 4) is 0 Å². The summed E-state index contributed by atoms with van der Waals surface area (Å²) in [6.45, 7) is 3.78. The topological polar surface area (TPSA) is 100 Å². The number of amides is 3. The summed E-state index contributed by atoms with van der Waals surface area (Å²) in [7, 11) is 0. The number of nitrogens with zero attached hydrogens (tertiary/aromatic N) is 1. The fraction of sp³-hybridized carbons (Fsp3) is 0.0909. The number of aryl methyl sites for hydroxylation is 1. The zero-order valence-electron chi connectivity index (χ0n) is 23.6. The van der Waals surface area contributed by atoms with E-state index in [9.17, 15) is 18.8 Å². The molecule has 5 rings (SSSR count). The molecular weight excluding hydrogens is 619 g/mol. The Balaban J connectivity index is 1.30. The minimum atomic E-state index is -0.687. The van der Waals surface area contributed by atoms with Crippen LogP contribution in [-0.2, 0) is 9.59 Å². The molecule has 3 N–H and O–H groups in total. The van der Waals surface area contributed by atoms with Crippen LogP contribution >= 0.6 is 34.7 Å². The third-order valence-electron chi connectivity index (χ3n) is 6.37. The number of nitrogens with one attached hydrogen (secondary N) is 3. The second-order valence-electron chi connectivity index (χ2n) is 9.73. The number of hydrogen-bond donors (Lipinski definition) is 3. The average molecular weight is 645 g/mol. The Morgan fingerprint density at radius 3 is 2.50 bits per heavy atom. The van der Waals surface area contributed by atoms with Gasteiger partial charge in [0, 0.05) is 21.7 Å². The van der Waals surface area contributed by atoms with Crippen LogP contribution in [0.4, 0.5) is 15.2 Å². The summed E-state index contributed by atoms with van der Waals surface area (Å²) in [5, 5.41) is 8.34. The van der Waals surface area contributed by atoms with Crippen LogP contribution in [0, 0.1) is 12.7 Å². The summed E-state index contributed by atoms with van der Waals surface area (Å²) in [5.74, 6) is -2.10. The zero-order chi connectivity index (χ0) is 31.2. The third-order valence-corrected chi connectivity index (χ3v) is 8.72. The lowest BCUT2D eigenvalue weighted by molar-refractivity contribution is -0.115. The summed E-state index contributed by atoms with van der Waals surface area (Å²) in [5.41, 5.74) is 2.42. The summed E-state index contributed by atoms with van der Waals surface area (Å²) in [6.07, 6.45) is 1.20. The molecular formula is C33H26ClFN4O3S2. The van der Waals surface area contributed by atoms with Gasteiger partial charge in [-0.05, 0) is 80.1 Å². The minimum absolute atomic E-state index is 0.0416. The van der Waals surface area contributed by atoms with Crippen molar-refractivity contribution < 1.29 is 18.8 Å². The Bertz CT molecular complexity index is 1870. The molecule has 0 spiro atoms. The maximum Gasteiger partial charge on any atom is 0.272 e. The molecule has 0 fully saturated rings. The number of aromatic nitrogens is 1. The van der Waals surface area contributed by atoms with Crippen LogP contribution in [0.2, 0.25) is 5.02 Å². The van der Waals surface area contributed by atoms with E-state index in [1.165, 1.54) is 47.4 Å². The number of thioether (sulfide) groups is 1. The molecule has 1 aromatic heterocycles. The molecule has 0 aliphatic rings. The van der Waals surface area contributed by atoms with E-state index in [1.807, 2.05) is 31.2 Å². The number of halogens is 2. The highest BCUT2D eigenvalue weighted by atomic mass is 35.5. The molecule has 222 valence electrons. The number of rotatable bonds is 9. The van der Waals surface area contributed by atoms with Crippen LogP contribution in [-0.4, -0.2) is 28.0 Å². The first-order valence-electron chi connectivity index (χ1n) is 13.4. The molecule has 0 saturated heterocycles. The highest BCUT2D eigenvalue weighted by Gasteiger charge is 2.19. The average Bonchev–Trinajstić information content (AvgIpc) is 3.40. The summed E-state index contributed by atoms with van der Waals surface area (Å²) >= 11 is 8.92. The first kappa shape index (κ1) is 30.9. The van der Waals surface area contributed by atoms with Crippen molar-refractivity contribution in [3.63, 3.8) is 0 Å². The molecule has 0 radical (unpaired) electrons. The number of carbonyl (C=O) groups excluding carboxylic acids is 3. The lowest BCUT2D eigenvalue weighted by Crippen LogP contribution is -2.30. The highest BCUT2D eigenvalue weighted by molar-refractivity contribution is 8.00. The Morgan fingerprint density at radius 2 is 1.73 bits per heavy atom. The molecule has 0 saturated carbocycles. The van der Waals surface area contributed by atoms with Crippen LogP contribution in [0.3, 0.4) is 0 Å². The van der Waals surface area contributed by atoms with E-state index < -0.39 is 22.9 Å². The van der Waals surface area contributed by atoms with Crippen molar-refractivity contribution >= 4 is 79.5 Å². The van der Waals surface area contributed by atoms with Gasteiger partial charge in [0.1, 0.15) is 11.5 Å². The summed E-state index contributed by atoms with van der Waals surface area (Å²) in [6, 6.07) is 25.3. The van der Waals surface area contributed by atoms with Crippen LogP contribution in [0.25, 0.3) is 16.3 Å². The Labute approximate surface area is 266 Å². The first-order valence-corrected chi connectivity index (χ1v) is 15.5. The van der Waals surface area contributed by atoms with Crippen LogP contribution in [0.15, 0.2) is 102 Å². The zero-order valence-corrected chi connectivity index (χ0v) is 25.9. The molecule has 1 heterocycles. The van der Waals surface area contributed by atoms with Gasteiger partial charge < -0.3 is 16.0 Å². The standard InChI is InChI=1S/C33H26ClFN4O3S2/c1-19-14-15-27-29(16-19)44-33(38-27)39-30(40)20(2)43-23-11-6-10-22(17-23)36-32(42)28(18-24-25(34)12-7-13-26(24)35)37-31(41)21-8-4-3-5-9-21/h3-18,20H,1-2H3,(H,36,42)(H,37,41)(H,38,39,40)/b28-18+. The van der Waals surface area contributed by atoms with Crippen molar-refractivity contribution in [1.29, 1.82) is 0 Å². The van der Waals surface area contributed by atoms with E-state index in [1.54, 1.807) is 55.5 Å². The van der Waals surface area contributed by atoms with E-state index in [0.29, 0.717) is 16.4 Å². The van der Waals surface area contributed by atoms with Crippen LogP contribution in [0.1, 0.15) is 28.4 Å². The predicted molar refractivity (Wildman–Crippen MR) is 177 cm³/mol. The van der Waals surface area contributed by atoms with Gasteiger partial charge in [-0.1, -0.05) is 59.3 Å². The van der Waals surface area contributed by atoms with E-state index in [-0.39, 0.29) is 22.2 Å². The first-order chi connectivity index (χ1) is 21.2. The molecule has 0 aliphatic heterocycles. The van der Waals surface area contributed by atoms with E-state index in [0.717, 1.165) is 20.7 Å². The van der Waals surface area contributed by atoms with Gasteiger partial charge in [-0.25, -0.2) is 9.37 Å². The van der Waals surface area contributed by atoms with Gasteiger partial charge >= 0.3 is 0 Å². The maximum absolute atomic E-state index is 14.6. The number of thiazole rings is 1. The van der Waals surface area contributed by atoms with Gasteiger partial charge in [-0.3, -0.25) is 14.4 Å². The fourth-order valence-corrected chi connectivity index (χ4v) is 6.24. The number of benzene rings is 4. The minimum Gasteiger partial charge on any atom is -0.321 e. The van der Waals surface area contributed by atoms with Gasteiger partial charge in [0.05, 0.1) is 20.5 Å². The smallest absolute Gasteiger partial charge is 0.272 e. The summed E-state index contributed by atoms with van der Waals surface area (Å²) < 4.78 is 15.6. The van der Waals surface area contributed by atoms with Crippen molar-refractivity contribution in [2.45, 2.75) is 24.0 Å². The summed E-state index contributed by atoms with van der Waals surface area (Å²) in [4.78, 5) is 44.5. The van der Waals surface area contributed by atoms with Gasteiger partial charge in [-0.15, -0.1) is 11.8 Å². The van der Waals surface area contributed by atoms with Crippen molar-refractivity contribution in [2.75, 3.05) is 10.6 Å². The van der Waals surface area contributed by atoms with Crippen LogP contribution < -0.4 is 16.0 Å². The lowest BCUT2D eigenvalue weighted by atomic mass is 10.1. The Kier molecular flexibility index (Phi) is 9.74. The van der Waals surface area contributed by atoms with E-state index >= 15 is 0 Å². The monoisotopic (exact) mass is 644 g/mol. The van der Waals surface area contributed by atoms with Crippen LogP contribution in [0.5, 0.6) is 0 Å². The van der Waals surface area contributed by atoms with Gasteiger partial charge in [0.2, 0.25) is 5.91 Å². The number of anilines is 2. The molecule has 5 aromatic rings. The quantitative estimate of drug-likeness (QED) is 0.112. The molecule has 0 bridgehead atoms. The molecule has 1 atom stereocenters. The van der Waals surface area contributed by atoms with E-state index in [4.69, 9.17) is 11.6 Å².